The second-order valence-corrected chi connectivity index (χ2v) is 4.30. The fourth-order valence-corrected chi connectivity index (χ4v) is 1.44. The van der Waals surface area contributed by atoms with Crippen molar-refractivity contribution in [2.45, 2.75) is 33.7 Å². The molecule has 0 radical (unpaired) electrons. The predicted molar refractivity (Wildman–Crippen MR) is 62.4 cm³/mol. The van der Waals surface area contributed by atoms with Crippen molar-refractivity contribution >= 4 is 6.08 Å². The number of rotatable bonds is 4. The fourth-order valence-electron chi connectivity index (χ4n) is 1.44. The number of aromatic nitrogens is 2. The van der Waals surface area contributed by atoms with Gasteiger partial charge in [-0.3, -0.25) is 10.1 Å². The predicted octanol–water partition coefficient (Wildman–Crippen LogP) is 2.74. The van der Waals surface area contributed by atoms with Crippen LogP contribution in [0.1, 0.15) is 39.4 Å². The summed E-state index contributed by atoms with van der Waals surface area (Å²) < 4.78 is 1.91. The van der Waals surface area contributed by atoms with Gasteiger partial charge in [0.05, 0.1) is 23.1 Å². The Labute approximate surface area is 95.0 Å². The van der Waals surface area contributed by atoms with Gasteiger partial charge >= 0.3 is 0 Å². The zero-order chi connectivity index (χ0) is 12.3. The second kappa shape index (κ2) is 4.92. The minimum absolute atomic E-state index is 0.106. The summed E-state index contributed by atoms with van der Waals surface area (Å²) in [6.45, 7) is 7.65. The van der Waals surface area contributed by atoms with Gasteiger partial charge in [0.25, 0.3) is 5.70 Å². The lowest BCUT2D eigenvalue weighted by atomic mass is 10.1. The molecule has 0 aliphatic rings. The lowest BCUT2D eigenvalue weighted by Crippen LogP contribution is -2.07. The van der Waals surface area contributed by atoms with Crippen LogP contribution in [0.25, 0.3) is 6.08 Å². The van der Waals surface area contributed by atoms with E-state index in [1.165, 1.54) is 0 Å². The minimum atomic E-state index is -0.331. The van der Waals surface area contributed by atoms with E-state index in [9.17, 15) is 10.1 Å². The van der Waals surface area contributed by atoms with Gasteiger partial charge in [0.2, 0.25) is 0 Å². The second-order valence-electron chi connectivity index (χ2n) is 4.30. The molecule has 0 amide bonds. The highest BCUT2D eigenvalue weighted by atomic mass is 16.6. The van der Waals surface area contributed by atoms with Crippen molar-refractivity contribution in [3.05, 3.63) is 34.0 Å². The molecule has 0 saturated heterocycles. The van der Waals surface area contributed by atoms with E-state index in [1.807, 2.05) is 32.3 Å². The molecule has 1 aromatic rings. The Morgan fingerprint density at radius 3 is 2.56 bits per heavy atom. The molecule has 0 unspecified atom stereocenters. The average Bonchev–Trinajstić information content (AvgIpc) is 2.60. The maximum atomic E-state index is 10.9. The molecule has 0 aliphatic heterocycles. The number of nitrogens with zero attached hydrogens (tertiary/aromatic N) is 3. The van der Waals surface area contributed by atoms with Crippen LogP contribution in [0.3, 0.4) is 0 Å². The number of hydrogen-bond acceptors (Lipinski definition) is 3. The first kappa shape index (κ1) is 12.4. The van der Waals surface area contributed by atoms with E-state index in [-0.39, 0.29) is 22.6 Å². The van der Waals surface area contributed by atoms with Crippen LogP contribution in [0.15, 0.2) is 18.2 Å². The lowest BCUT2D eigenvalue weighted by molar-refractivity contribution is -0.431. The topological polar surface area (TPSA) is 61.0 Å². The van der Waals surface area contributed by atoms with Gasteiger partial charge < -0.3 is 4.57 Å². The molecular weight excluding hydrogens is 206 g/mol. The van der Waals surface area contributed by atoms with E-state index in [0.29, 0.717) is 0 Å². The quantitative estimate of drug-likeness (QED) is 0.582. The molecule has 0 bridgehead atoms. The zero-order valence-corrected chi connectivity index (χ0v) is 10.0. The first-order valence-electron chi connectivity index (χ1n) is 5.31. The summed E-state index contributed by atoms with van der Waals surface area (Å²) in [6.07, 6.45) is 4.93. The molecule has 5 nitrogen and oxygen atoms in total. The summed E-state index contributed by atoms with van der Waals surface area (Å²) in [5.74, 6) is -0.106. The molecule has 1 aromatic heterocycles. The Balaban J connectivity index is 3.13. The van der Waals surface area contributed by atoms with E-state index in [4.69, 9.17) is 0 Å². The molecule has 0 spiro atoms. The van der Waals surface area contributed by atoms with E-state index in [2.05, 4.69) is 4.98 Å². The van der Waals surface area contributed by atoms with Crippen LogP contribution < -0.4 is 0 Å². The Morgan fingerprint density at radius 1 is 1.50 bits per heavy atom. The summed E-state index contributed by atoms with van der Waals surface area (Å²) in [6, 6.07) is 0.244. The molecule has 1 rings (SSSR count). The fraction of sp³-hybridized carbons (Fsp3) is 0.545. The molecule has 0 N–H and O–H groups in total. The van der Waals surface area contributed by atoms with E-state index in [1.54, 1.807) is 18.6 Å². The van der Waals surface area contributed by atoms with Crippen LogP contribution in [0.5, 0.6) is 0 Å². The van der Waals surface area contributed by atoms with Crippen molar-refractivity contribution in [1.82, 2.24) is 9.55 Å². The maximum absolute atomic E-state index is 10.9. The van der Waals surface area contributed by atoms with Gasteiger partial charge in [-0.25, -0.2) is 4.98 Å². The summed E-state index contributed by atoms with van der Waals surface area (Å²) in [5.41, 5.74) is 0.984. The van der Waals surface area contributed by atoms with Gasteiger partial charge in [0.1, 0.15) is 0 Å². The molecule has 0 aliphatic carbocycles. The van der Waals surface area contributed by atoms with Crippen molar-refractivity contribution in [2.75, 3.05) is 0 Å². The third-order valence-electron chi connectivity index (χ3n) is 2.35. The van der Waals surface area contributed by atoms with Crippen molar-refractivity contribution in [2.24, 2.45) is 5.92 Å². The van der Waals surface area contributed by atoms with Gasteiger partial charge in [-0.1, -0.05) is 13.8 Å². The Morgan fingerprint density at radius 2 is 2.12 bits per heavy atom. The van der Waals surface area contributed by atoms with Crippen molar-refractivity contribution in [3.8, 4) is 0 Å². The molecule has 88 valence electrons. The molecule has 0 atom stereocenters. The van der Waals surface area contributed by atoms with Crippen LogP contribution >= 0.6 is 0 Å². The standard InChI is InChI=1S/C11H17N3O2/c1-8(2)11(14(15)16)5-10-6-12-7-13(10)9(3)4/h5-9H,1-4H3. The highest BCUT2D eigenvalue weighted by Crippen LogP contribution is 2.17. The van der Waals surface area contributed by atoms with Gasteiger partial charge in [-0.2, -0.15) is 0 Å². The van der Waals surface area contributed by atoms with Crippen molar-refractivity contribution in [1.29, 1.82) is 0 Å². The third kappa shape index (κ3) is 2.68. The van der Waals surface area contributed by atoms with Crippen molar-refractivity contribution in [3.63, 3.8) is 0 Å². The number of imidazole rings is 1. The normalized spacial score (nSPS) is 12.5. The van der Waals surface area contributed by atoms with Crippen LogP contribution in [0.4, 0.5) is 0 Å². The Bertz CT molecular complexity index is 405. The molecule has 1 heterocycles. The number of allylic oxidation sites excluding steroid dienone is 1. The molecular formula is C11H17N3O2. The van der Waals surface area contributed by atoms with Crippen molar-refractivity contribution < 1.29 is 4.92 Å². The Hall–Kier alpha value is -1.65. The average molecular weight is 223 g/mol. The van der Waals surface area contributed by atoms with Gasteiger partial charge in [0.15, 0.2) is 0 Å². The first-order chi connectivity index (χ1) is 7.43. The molecule has 5 heteroatoms. The summed E-state index contributed by atoms with van der Waals surface area (Å²) in [5, 5.41) is 10.9. The van der Waals surface area contributed by atoms with Crippen LogP contribution in [-0.4, -0.2) is 14.5 Å². The molecule has 0 saturated carbocycles. The van der Waals surface area contributed by atoms with Gasteiger partial charge in [0, 0.05) is 18.0 Å². The summed E-state index contributed by atoms with van der Waals surface area (Å²) >= 11 is 0. The van der Waals surface area contributed by atoms with Gasteiger partial charge in [-0.15, -0.1) is 0 Å². The lowest BCUT2D eigenvalue weighted by Gasteiger charge is -2.09. The monoisotopic (exact) mass is 223 g/mol. The van der Waals surface area contributed by atoms with Crippen LogP contribution in [0.2, 0.25) is 0 Å². The highest BCUT2D eigenvalue weighted by Gasteiger charge is 2.17. The summed E-state index contributed by atoms with van der Waals surface area (Å²) in [7, 11) is 0. The Kier molecular flexibility index (Phi) is 3.82. The smallest absolute Gasteiger partial charge is 0.250 e. The SMILES string of the molecule is CC(C)C(=Cc1cncn1C(C)C)[N+](=O)[O-]. The highest BCUT2D eigenvalue weighted by molar-refractivity contribution is 5.46. The first-order valence-corrected chi connectivity index (χ1v) is 5.31. The van der Waals surface area contributed by atoms with E-state index < -0.39 is 0 Å². The maximum Gasteiger partial charge on any atom is 0.250 e. The largest absolute Gasteiger partial charge is 0.328 e. The van der Waals surface area contributed by atoms with Crippen LogP contribution in [0, 0.1) is 16.0 Å². The number of hydrogen-bond donors (Lipinski definition) is 0. The van der Waals surface area contributed by atoms with E-state index >= 15 is 0 Å². The number of nitro groups is 1. The zero-order valence-electron chi connectivity index (χ0n) is 10.0. The molecule has 0 fully saturated rings. The van der Waals surface area contributed by atoms with Crippen LogP contribution in [-0.2, 0) is 0 Å². The summed E-state index contributed by atoms with van der Waals surface area (Å²) in [4.78, 5) is 14.5. The van der Waals surface area contributed by atoms with E-state index in [0.717, 1.165) is 5.69 Å². The minimum Gasteiger partial charge on any atom is -0.328 e. The third-order valence-corrected chi connectivity index (χ3v) is 2.35. The van der Waals surface area contributed by atoms with Gasteiger partial charge in [-0.05, 0) is 13.8 Å². The molecule has 0 aromatic carbocycles. The molecule has 16 heavy (non-hydrogen) atoms.